The highest BCUT2D eigenvalue weighted by Gasteiger charge is 2.13. The summed E-state index contributed by atoms with van der Waals surface area (Å²) in [5.74, 6) is 0.966. The van der Waals surface area contributed by atoms with Gasteiger partial charge in [0, 0.05) is 6.04 Å². The Balaban J connectivity index is 2.06. The van der Waals surface area contributed by atoms with Crippen LogP contribution in [0.2, 0.25) is 0 Å². The minimum Gasteiger partial charge on any atom is -0.508 e. The summed E-state index contributed by atoms with van der Waals surface area (Å²) in [5.41, 5.74) is 4.76. The molecular formula is C24H25NO3. The molecule has 0 saturated carbocycles. The first-order chi connectivity index (χ1) is 13.5. The van der Waals surface area contributed by atoms with Crippen molar-refractivity contribution in [1.82, 2.24) is 5.32 Å². The van der Waals surface area contributed by atoms with Crippen molar-refractivity contribution in [2.75, 3.05) is 7.11 Å². The first kappa shape index (κ1) is 19.5. The van der Waals surface area contributed by atoms with E-state index in [0.29, 0.717) is 0 Å². The third-order valence-corrected chi connectivity index (χ3v) is 4.47. The predicted molar refractivity (Wildman–Crippen MR) is 113 cm³/mol. The van der Waals surface area contributed by atoms with Gasteiger partial charge >= 0.3 is 0 Å². The number of methoxy groups -OCH3 is 1. The van der Waals surface area contributed by atoms with Gasteiger partial charge in [0.25, 0.3) is 0 Å². The largest absolute Gasteiger partial charge is 0.508 e. The Morgan fingerprint density at radius 3 is 2.39 bits per heavy atom. The average Bonchev–Trinajstić information content (AvgIpc) is 2.67. The van der Waals surface area contributed by atoms with Gasteiger partial charge in [0.05, 0.1) is 13.5 Å². The number of ether oxygens (including phenoxy) is 1. The molecule has 1 amide bonds. The zero-order valence-corrected chi connectivity index (χ0v) is 16.4. The van der Waals surface area contributed by atoms with E-state index < -0.39 is 0 Å². The molecule has 0 aromatic heterocycles. The molecule has 3 aromatic carbocycles. The monoisotopic (exact) mass is 375 g/mol. The molecule has 0 radical (unpaired) electrons. The van der Waals surface area contributed by atoms with Crippen molar-refractivity contribution >= 4 is 5.91 Å². The third-order valence-electron chi connectivity index (χ3n) is 4.47. The SMILES string of the molecule is COc1cccc(-c2ccc(-c3cccc(O)c3)cc2CC(=O)NC(C)C)c1. The van der Waals surface area contributed by atoms with Gasteiger partial charge < -0.3 is 15.2 Å². The number of rotatable bonds is 6. The summed E-state index contributed by atoms with van der Waals surface area (Å²) in [6.07, 6.45) is 0.275. The summed E-state index contributed by atoms with van der Waals surface area (Å²) in [7, 11) is 1.64. The van der Waals surface area contributed by atoms with Crippen molar-refractivity contribution in [3.63, 3.8) is 0 Å². The van der Waals surface area contributed by atoms with Crippen LogP contribution in [0.15, 0.2) is 66.7 Å². The van der Waals surface area contributed by atoms with Gasteiger partial charge in [-0.15, -0.1) is 0 Å². The number of aromatic hydroxyl groups is 1. The quantitative estimate of drug-likeness (QED) is 0.650. The molecule has 0 bridgehead atoms. The van der Waals surface area contributed by atoms with Crippen LogP contribution >= 0.6 is 0 Å². The number of hydrogen-bond donors (Lipinski definition) is 2. The van der Waals surface area contributed by atoms with E-state index in [0.717, 1.165) is 33.6 Å². The molecule has 0 heterocycles. The van der Waals surface area contributed by atoms with Crippen molar-refractivity contribution in [3.05, 3.63) is 72.3 Å². The fourth-order valence-corrected chi connectivity index (χ4v) is 3.22. The molecule has 3 rings (SSSR count). The Morgan fingerprint density at radius 2 is 1.68 bits per heavy atom. The van der Waals surface area contributed by atoms with Gasteiger partial charge in [-0.2, -0.15) is 0 Å². The number of hydrogen-bond acceptors (Lipinski definition) is 3. The van der Waals surface area contributed by atoms with Crippen LogP contribution in [-0.4, -0.2) is 24.2 Å². The van der Waals surface area contributed by atoms with Crippen molar-refractivity contribution in [2.24, 2.45) is 0 Å². The molecule has 0 aliphatic rings. The maximum atomic E-state index is 12.5. The first-order valence-corrected chi connectivity index (χ1v) is 9.32. The molecule has 0 aliphatic heterocycles. The fourth-order valence-electron chi connectivity index (χ4n) is 3.22. The zero-order valence-electron chi connectivity index (χ0n) is 16.4. The minimum absolute atomic E-state index is 0.0211. The second-order valence-electron chi connectivity index (χ2n) is 7.05. The Labute approximate surface area is 165 Å². The predicted octanol–water partition coefficient (Wildman–Crippen LogP) is 4.80. The number of carbonyl (C=O) groups is 1. The molecule has 4 heteroatoms. The van der Waals surface area contributed by atoms with Crippen LogP contribution in [0.3, 0.4) is 0 Å². The molecule has 0 saturated heterocycles. The Morgan fingerprint density at radius 1 is 0.964 bits per heavy atom. The summed E-state index contributed by atoms with van der Waals surface area (Å²) in [6.45, 7) is 3.90. The lowest BCUT2D eigenvalue weighted by Crippen LogP contribution is -2.31. The van der Waals surface area contributed by atoms with Crippen LogP contribution in [-0.2, 0) is 11.2 Å². The van der Waals surface area contributed by atoms with Crippen LogP contribution in [0.25, 0.3) is 22.3 Å². The van der Waals surface area contributed by atoms with Gasteiger partial charge in [-0.25, -0.2) is 0 Å². The van der Waals surface area contributed by atoms with Gasteiger partial charge in [-0.3, -0.25) is 4.79 Å². The Bertz CT molecular complexity index is 979. The van der Waals surface area contributed by atoms with Gasteiger partial charge in [0.1, 0.15) is 11.5 Å². The van der Waals surface area contributed by atoms with E-state index in [-0.39, 0.29) is 24.1 Å². The maximum absolute atomic E-state index is 12.5. The second-order valence-corrected chi connectivity index (χ2v) is 7.05. The highest BCUT2D eigenvalue weighted by molar-refractivity contribution is 5.84. The second kappa shape index (κ2) is 8.61. The van der Waals surface area contributed by atoms with Gasteiger partial charge in [0.15, 0.2) is 0 Å². The minimum atomic E-state index is -0.0211. The third kappa shape index (κ3) is 4.71. The number of carbonyl (C=O) groups excluding carboxylic acids is 1. The molecule has 28 heavy (non-hydrogen) atoms. The summed E-state index contributed by atoms with van der Waals surface area (Å²) in [6, 6.07) is 21.1. The van der Waals surface area contributed by atoms with E-state index in [1.807, 2.05) is 68.4 Å². The number of phenolic OH excluding ortho intramolecular Hbond substituents is 1. The van der Waals surface area contributed by atoms with E-state index in [1.54, 1.807) is 19.2 Å². The summed E-state index contributed by atoms with van der Waals surface area (Å²) < 4.78 is 5.35. The topological polar surface area (TPSA) is 58.6 Å². The Hall–Kier alpha value is -3.27. The maximum Gasteiger partial charge on any atom is 0.224 e. The van der Waals surface area contributed by atoms with Gasteiger partial charge in [-0.1, -0.05) is 42.5 Å². The van der Waals surface area contributed by atoms with Crippen LogP contribution < -0.4 is 10.1 Å². The van der Waals surface area contributed by atoms with Crippen LogP contribution in [0, 0.1) is 0 Å². The average molecular weight is 375 g/mol. The molecule has 0 fully saturated rings. The van der Waals surface area contributed by atoms with E-state index in [9.17, 15) is 9.90 Å². The molecule has 144 valence electrons. The lowest BCUT2D eigenvalue weighted by molar-refractivity contribution is -0.120. The summed E-state index contributed by atoms with van der Waals surface area (Å²) >= 11 is 0. The number of benzene rings is 3. The van der Waals surface area contributed by atoms with Crippen molar-refractivity contribution in [3.8, 4) is 33.8 Å². The zero-order chi connectivity index (χ0) is 20.1. The smallest absolute Gasteiger partial charge is 0.224 e. The molecule has 0 unspecified atom stereocenters. The number of nitrogens with one attached hydrogen (secondary N) is 1. The van der Waals surface area contributed by atoms with Crippen LogP contribution in [0.5, 0.6) is 11.5 Å². The Kier molecular flexibility index (Phi) is 5.99. The van der Waals surface area contributed by atoms with Crippen LogP contribution in [0.4, 0.5) is 0 Å². The van der Waals surface area contributed by atoms with Crippen molar-refractivity contribution in [2.45, 2.75) is 26.3 Å². The molecule has 4 nitrogen and oxygen atoms in total. The molecule has 3 aromatic rings. The van der Waals surface area contributed by atoms with Gasteiger partial charge in [0.2, 0.25) is 5.91 Å². The first-order valence-electron chi connectivity index (χ1n) is 9.32. The van der Waals surface area contributed by atoms with Crippen LogP contribution in [0.1, 0.15) is 19.4 Å². The normalized spacial score (nSPS) is 10.7. The molecular weight excluding hydrogens is 350 g/mol. The highest BCUT2D eigenvalue weighted by Crippen LogP contribution is 2.32. The molecule has 0 atom stereocenters. The summed E-state index contributed by atoms with van der Waals surface area (Å²) in [5, 5.41) is 12.8. The summed E-state index contributed by atoms with van der Waals surface area (Å²) in [4.78, 5) is 12.5. The van der Waals surface area contributed by atoms with E-state index in [4.69, 9.17) is 4.74 Å². The molecule has 0 spiro atoms. The van der Waals surface area contributed by atoms with Gasteiger partial charge in [-0.05, 0) is 65.9 Å². The van der Waals surface area contributed by atoms with E-state index >= 15 is 0 Å². The lowest BCUT2D eigenvalue weighted by Gasteiger charge is -2.15. The van der Waals surface area contributed by atoms with E-state index in [2.05, 4.69) is 5.32 Å². The number of phenols is 1. The molecule has 2 N–H and O–H groups in total. The standard InChI is InChI=1S/C24H25NO3/c1-16(2)25-24(27)15-20-12-18(17-6-4-8-21(26)13-17)10-11-23(20)19-7-5-9-22(14-19)28-3/h4-14,16,26H,15H2,1-3H3,(H,25,27). The molecule has 0 aliphatic carbocycles. The highest BCUT2D eigenvalue weighted by atomic mass is 16.5. The van der Waals surface area contributed by atoms with E-state index in [1.165, 1.54) is 0 Å². The number of amides is 1. The lowest BCUT2D eigenvalue weighted by atomic mass is 9.93. The fraction of sp³-hybridized carbons (Fsp3) is 0.208. The van der Waals surface area contributed by atoms with Crippen molar-refractivity contribution < 1.29 is 14.6 Å². The van der Waals surface area contributed by atoms with Crippen molar-refractivity contribution in [1.29, 1.82) is 0 Å².